The lowest BCUT2D eigenvalue weighted by Gasteiger charge is -2.22. The van der Waals surface area contributed by atoms with Gasteiger partial charge in [0.2, 0.25) is 0 Å². The van der Waals surface area contributed by atoms with E-state index in [1.54, 1.807) is 12.4 Å². The van der Waals surface area contributed by atoms with Gasteiger partial charge in [0.05, 0.1) is 24.1 Å². The molecule has 3 heterocycles. The molecule has 0 bridgehead atoms. The normalized spacial score (nSPS) is 17.9. The van der Waals surface area contributed by atoms with Crippen LogP contribution in [0.4, 0.5) is 0 Å². The summed E-state index contributed by atoms with van der Waals surface area (Å²) in [6.45, 7) is 7.77. The van der Waals surface area contributed by atoms with Gasteiger partial charge in [0.25, 0.3) is 0 Å². The molecule has 1 aliphatic heterocycles. The average molecular weight is 393 g/mol. The molecule has 2 aromatic heterocycles. The number of aromatic amines is 1. The summed E-state index contributed by atoms with van der Waals surface area (Å²) in [5, 5.41) is 9.56. The molecule has 1 aromatic carbocycles. The predicted molar refractivity (Wildman–Crippen MR) is 114 cm³/mol. The summed E-state index contributed by atoms with van der Waals surface area (Å²) in [6, 6.07) is 8.53. The molecule has 29 heavy (non-hydrogen) atoms. The first kappa shape index (κ1) is 19.7. The zero-order valence-electron chi connectivity index (χ0n) is 17.3. The summed E-state index contributed by atoms with van der Waals surface area (Å²) in [4.78, 5) is 27.4. The lowest BCUT2D eigenvalue weighted by Crippen LogP contribution is -2.31. The molecule has 0 saturated carbocycles. The van der Waals surface area contributed by atoms with Crippen LogP contribution in [0.5, 0.6) is 0 Å². The minimum absolute atomic E-state index is 0.0491. The van der Waals surface area contributed by atoms with Crippen LogP contribution in [0, 0.1) is 5.41 Å². The molecule has 0 radical (unpaired) electrons. The van der Waals surface area contributed by atoms with E-state index in [0.29, 0.717) is 16.7 Å². The highest BCUT2D eigenvalue weighted by Crippen LogP contribution is 2.28. The second kappa shape index (κ2) is 7.69. The number of Topliss-reactive ketones (excluding diaryl/α,β-unsaturated/α-hetero) is 1. The van der Waals surface area contributed by atoms with Crippen LogP contribution in [-0.2, 0) is 6.54 Å². The fourth-order valence-electron chi connectivity index (χ4n) is 3.98. The molecular formula is C23H28N4O2. The molecule has 1 saturated heterocycles. The number of aliphatic hydroxyl groups is 1. The van der Waals surface area contributed by atoms with Gasteiger partial charge in [0.1, 0.15) is 5.52 Å². The third-order valence-corrected chi connectivity index (χ3v) is 5.62. The number of aromatic nitrogens is 3. The molecule has 6 heteroatoms. The fraction of sp³-hybridized carbons (Fsp3) is 0.435. The van der Waals surface area contributed by atoms with Crippen molar-refractivity contribution in [3.05, 3.63) is 47.8 Å². The van der Waals surface area contributed by atoms with Gasteiger partial charge in [-0.3, -0.25) is 9.69 Å². The summed E-state index contributed by atoms with van der Waals surface area (Å²) < 4.78 is 0. The highest BCUT2D eigenvalue weighted by Gasteiger charge is 2.27. The molecule has 1 aliphatic rings. The average Bonchev–Trinajstić information content (AvgIpc) is 3.32. The first-order valence-electron chi connectivity index (χ1n) is 10.2. The van der Waals surface area contributed by atoms with Gasteiger partial charge in [-0.1, -0.05) is 39.0 Å². The van der Waals surface area contributed by atoms with Gasteiger partial charge in [-0.05, 0) is 31.0 Å². The Bertz CT molecular complexity index is 1030. The largest absolute Gasteiger partial charge is 0.395 e. The SMILES string of the molecule is CC(C)(C)C(=O)c1c[nH]c2ncc(-c3cccc(CN4CCC[C@H]4CO)c3)nc12. The van der Waals surface area contributed by atoms with E-state index in [2.05, 4.69) is 27.0 Å². The second-order valence-corrected chi connectivity index (χ2v) is 8.88. The zero-order chi connectivity index (χ0) is 20.6. The van der Waals surface area contributed by atoms with Crippen molar-refractivity contribution < 1.29 is 9.90 Å². The van der Waals surface area contributed by atoms with Crippen molar-refractivity contribution in [2.45, 2.75) is 46.2 Å². The smallest absolute Gasteiger partial charge is 0.171 e. The number of hydrogen-bond acceptors (Lipinski definition) is 5. The van der Waals surface area contributed by atoms with E-state index in [1.165, 1.54) is 5.56 Å². The number of rotatable bonds is 5. The standard InChI is InChI=1S/C23H28N4O2/c1-23(2,3)21(29)18-11-24-22-20(18)26-19(12-25-22)16-7-4-6-15(10-16)13-27-9-5-8-17(27)14-28/h4,6-7,10-12,17,28H,5,8-9,13-14H2,1-3H3,(H,24,25)/t17-/m0/s1. The van der Waals surface area contributed by atoms with Crippen LogP contribution < -0.4 is 0 Å². The van der Waals surface area contributed by atoms with Gasteiger partial charge < -0.3 is 10.1 Å². The number of nitrogens with one attached hydrogen (secondary N) is 1. The summed E-state index contributed by atoms with van der Waals surface area (Å²) in [7, 11) is 0. The molecule has 1 fully saturated rings. The Balaban J connectivity index is 1.65. The highest BCUT2D eigenvalue weighted by atomic mass is 16.3. The zero-order valence-corrected chi connectivity index (χ0v) is 17.3. The molecule has 152 valence electrons. The predicted octanol–water partition coefficient (Wildman–Crippen LogP) is 3.81. The number of fused-ring (bicyclic) bond motifs is 1. The Labute approximate surface area is 171 Å². The van der Waals surface area contributed by atoms with Crippen LogP contribution in [0.1, 0.15) is 49.5 Å². The van der Waals surface area contributed by atoms with Crippen molar-refractivity contribution in [3.63, 3.8) is 0 Å². The Morgan fingerprint density at radius 2 is 2.17 bits per heavy atom. The van der Waals surface area contributed by atoms with Crippen LogP contribution in [0.15, 0.2) is 36.7 Å². The number of ketones is 1. The lowest BCUT2D eigenvalue weighted by atomic mass is 9.87. The minimum atomic E-state index is -0.480. The van der Waals surface area contributed by atoms with E-state index in [-0.39, 0.29) is 18.4 Å². The molecule has 6 nitrogen and oxygen atoms in total. The summed E-state index contributed by atoms with van der Waals surface area (Å²) in [5.74, 6) is 0.0491. The molecule has 0 amide bonds. The molecular weight excluding hydrogens is 364 g/mol. The lowest BCUT2D eigenvalue weighted by molar-refractivity contribution is 0.0860. The topological polar surface area (TPSA) is 82.1 Å². The van der Waals surface area contributed by atoms with Crippen molar-refractivity contribution in [2.75, 3.05) is 13.2 Å². The van der Waals surface area contributed by atoms with E-state index >= 15 is 0 Å². The van der Waals surface area contributed by atoms with Crippen LogP contribution >= 0.6 is 0 Å². The van der Waals surface area contributed by atoms with Gasteiger partial charge in [-0.15, -0.1) is 0 Å². The monoisotopic (exact) mass is 392 g/mol. The molecule has 0 aliphatic carbocycles. The number of carbonyl (C=O) groups is 1. The van der Waals surface area contributed by atoms with Crippen molar-refractivity contribution in [2.24, 2.45) is 5.41 Å². The third kappa shape index (κ3) is 3.95. The van der Waals surface area contributed by atoms with Crippen molar-refractivity contribution >= 4 is 16.9 Å². The van der Waals surface area contributed by atoms with Gasteiger partial charge in [-0.2, -0.15) is 0 Å². The van der Waals surface area contributed by atoms with E-state index in [0.717, 1.165) is 37.2 Å². The first-order chi connectivity index (χ1) is 13.9. The summed E-state index contributed by atoms with van der Waals surface area (Å²) >= 11 is 0. The maximum Gasteiger partial charge on any atom is 0.171 e. The number of H-pyrrole nitrogens is 1. The first-order valence-corrected chi connectivity index (χ1v) is 10.2. The molecule has 1 atom stereocenters. The van der Waals surface area contributed by atoms with Gasteiger partial charge in [-0.25, -0.2) is 9.97 Å². The third-order valence-electron chi connectivity index (χ3n) is 5.62. The Morgan fingerprint density at radius 3 is 2.93 bits per heavy atom. The Morgan fingerprint density at radius 1 is 1.34 bits per heavy atom. The Hall–Kier alpha value is -2.57. The molecule has 0 unspecified atom stereocenters. The molecule has 2 N–H and O–H groups in total. The quantitative estimate of drug-likeness (QED) is 0.645. The maximum absolute atomic E-state index is 12.8. The number of nitrogens with zero attached hydrogens (tertiary/aromatic N) is 3. The van der Waals surface area contributed by atoms with Crippen molar-refractivity contribution in [3.8, 4) is 11.3 Å². The van der Waals surface area contributed by atoms with Gasteiger partial charge in [0.15, 0.2) is 11.4 Å². The van der Waals surface area contributed by atoms with Crippen LogP contribution in [-0.4, -0.2) is 49.9 Å². The number of hydrogen-bond donors (Lipinski definition) is 2. The second-order valence-electron chi connectivity index (χ2n) is 8.88. The van der Waals surface area contributed by atoms with Gasteiger partial charge >= 0.3 is 0 Å². The Kier molecular flexibility index (Phi) is 5.23. The fourth-order valence-corrected chi connectivity index (χ4v) is 3.98. The van der Waals surface area contributed by atoms with Crippen molar-refractivity contribution in [1.82, 2.24) is 19.9 Å². The van der Waals surface area contributed by atoms with E-state index < -0.39 is 5.41 Å². The number of carbonyl (C=O) groups excluding carboxylic acids is 1. The van der Waals surface area contributed by atoms with E-state index in [4.69, 9.17) is 4.98 Å². The molecule has 3 aromatic rings. The number of benzene rings is 1. The minimum Gasteiger partial charge on any atom is -0.395 e. The maximum atomic E-state index is 12.8. The van der Waals surface area contributed by atoms with Gasteiger partial charge in [0, 0.05) is 29.8 Å². The summed E-state index contributed by atoms with van der Waals surface area (Å²) in [5.41, 5.74) is 4.26. The number of aliphatic hydroxyl groups excluding tert-OH is 1. The van der Waals surface area contributed by atoms with Crippen LogP contribution in [0.2, 0.25) is 0 Å². The number of likely N-dealkylation sites (tertiary alicyclic amines) is 1. The van der Waals surface area contributed by atoms with Crippen LogP contribution in [0.3, 0.4) is 0 Å². The van der Waals surface area contributed by atoms with Crippen molar-refractivity contribution in [1.29, 1.82) is 0 Å². The molecule has 4 rings (SSSR count). The highest BCUT2D eigenvalue weighted by molar-refractivity contribution is 6.08. The van der Waals surface area contributed by atoms with Crippen LogP contribution in [0.25, 0.3) is 22.4 Å². The summed E-state index contributed by atoms with van der Waals surface area (Å²) in [6.07, 6.45) is 5.64. The molecule has 0 spiro atoms. The van der Waals surface area contributed by atoms with E-state index in [1.807, 2.05) is 32.9 Å². The van der Waals surface area contributed by atoms with E-state index in [9.17, 15) is 9.90 Å².